The average molecular weight is 406 g/mol. The molecule has 0 amide bonds. The maximum atomic E-state index is 14.0. The van der Waals surface area contributed by atoms with Gasteiger partial charge in [0.05, 0.1) is 5.69 Å². The number of aromatic nitrogens is 2. The minimum atomic E-state index is -1.19. The van der Waals surface area contributed by atoms with Crippen LogP contribution in [0, 0.1) is 17.5 Å². The van der Waals surface area contributed by atoms with Crippen molar-refractivity contribution >= 4 is 11.6 Å². The van der Waals surface area contributed by atoms with E-state index < -0.39 is 17.5 Å². The second-order valence-electron chi connectivity index (χ2n) is 6.63. The minimum Gasteiger partial charge on any atom is -0.306 e. The lowest BCUT2D eigenvalue weighted by atomic mass is 10.0. The molecule has 1 aliphatic rings. The van der Waals surface area contributed by atoms with E-state index in [9.17, 15) is 18.0 Å². The maximum Gasteiger partial charge on any atom is 0.254 e. The van der Waals surface area contributed by atoms with Gasteiger partial charge in [0, 0.05) is 41.3 Å². The zero-order valence-corrected chi connectivity index (χ0v) is 15.4. The first-order valence-corrected chi connectivity index (χ1v) is 9.03. The van der Waals surface area contributed by atoms with Crippen molar-refractivity contribution < 1.29 is 13.2 Å². The number of halogens is 4. The van der Waals surface area contributed by atoms with Gasteiger partial charge in [0.2, 0.25) is 0 Å². The second-order valence-corrected chi connectivity index (χ2v) is 7.07. The summed E-state index contributed by atoms with van der Waals surface area (Å²) < 4.78 is 41.4. The Labute approximate surface area is 163 Å². The number of nitrogens with one attached hydrogen (secondary N) is 1. The molecular weight excluding hydrogens is 391 g/mol. The first kappa shape index (κ1) is 18.7. The molecule has 0 bridgehead atoms. The highest BCUT2D eigenvalue weighted by molar-refractivity contribution is 6.30. The van der Waals surface area contributed by atoms with E-state index in [4.69, 9.17) is 11.6 Å². The van der Waals surface area contributed by atoms with Gasteiger partial charge in [-0.2, -0.15) is 0 Å². The first-order valence-electron chi connectivity index (χ1n) is 8.65. The molecule has 0 atom stereocenters. The molecule has 8 heteroatoms. The lowest BCUT2D eigenvalue weighted by Gasteiger charge is -2.28. The van der Waals surface area contributed by atoms with Crippen LogP contribution in [0.15, 0.2) is 41.2 Å². The lowest BCUT2D eigenvalue weighted by Crippen LogP contribution is -2.35. The molecule has 0 saturated carbocycles. The van der Waals surface area contributed by atoms with Gasteiger partial charge in [0.25, 0.3) is 5.56 Å². The Morgan fingerprint density at radius 2 is 1.79 bits per heavy atom. The van der Waals surface area contributed by atoms with E-state index in [1.807, 2.05) is 0 Å². The lowest BCUT2D eigenvalue weighted by molar-refractivity contribution is 0.232. The van der Waals surface area contributed by atoms with Gasteiger partial charge in [-0.15, -0.1) is 0 Å². The number of H-pyrrole nitrogens is 1. The number of aromatic amines is 1. The molecule has 3 aromatic rings. The van der Waals surface area contributed by atoms with Crippen molar-refractivity contribution in [1.29, 1.82) is 0 Å². The molecule has 4 rings (SSSR count). The molecule has 2 aromatic carbocycles. The Bertz CT molecular complexity index is 1100. The summed E-state index contributed by atoms with van der Waals surface area (Å²) >= 11 is 5.89. The van der Waals surface area contributed by atoms with Crippen LogP contribution in [0.5, 0.6) is 0 Å². The number of benzene rings is 2. The summed E-state index contributed by atoms with van der Waals surface area (Å²) in [6, 6.07) is 8.54. The molecule has 1 aromatic heterocycles. The number of fused-ring (bicyclic) bond motifs is 1. The topological polar surface area (TPSA) is 49.0 Å². The van der Waals surface area contributed by atoms with E-state index in [-0.39, 0.29) is 24.2 Å². The summed E-state index contributed by atoms with van der Waals surface area (Å²) in [5.41, 5.74) is 1.22. The summed E-state index contributed by atoms with van der Waals surface area (Å²) in [6.07, 6.45) is 0.386. The molecule has 1 aliphatic heterocycles. The smallest absolute Gasteiger partial charge is 0.254 e. The average Bonchev–Trinajstić information content (AvgIpc) is 2.68. The van der Waals surface area contributed by atoms with Gasteiger partial charge in [-0.1, -0.05) is 11.6 Å². The molecule has 0 radical (unpaired) electrons. The van der Waals surface area contributed by atoms with E-state index in [1.54, 1.807) is 29.2 Å². The summed E-state index contributed by atoms with van der Waals surface area (Å²) in [5.74, 6) is -2.68. The summed E-state index contributed by atoms with van der Waals surface area (Å²) in [6.45, 7) is 0.530. The van der Waals surface area contributed by atoms with Crippen molar-refractivity contribution in [3.63, 3.8) is 0 Å². The van der Waals surface area contributed by atoms with Crippen molar-refractivity contribution in [2.75, 3.05) is 6.54 Å². The Morgan fingerprint density at radius 3 is 2.54 bits per heavy atom. The number of hydrogen-bond donors (Lipinski definition) is 1. The summed E-state index contributed by atoms with van der Waals surface area (Å²) in [4.78, 5) is 21.5. The van der Waals surface area contributed by atoms with E-state index in [0.29, 0.717) is 40.6 Å². The van der Waals surface area contributed by atoms with Crippen LogP contribution in [0.2, 0.25) is 5.02 Å². The van der Waals surface area contributed by atoms with Crippen LogP contribution in [0.1, 0.15) is 16.8 Å². The number of nitrogens with zero attached hydrogens (tertiary/aromatic N) is 2. The highest BCUT2D eigenvalue weighted by Gasteiger charge is 2.24. The Morgan fingerprint density at radius 1 is 1.07 bits per heavy atom. The molecule has 0 fully saturated rings. The van der Waals surface area contributed by atoms with Gasteiger partial charge in [-0.05, 0) is 42.8 Å². The van der Waals surface area contributed by atoms with Gasteiger partial charge in [0.15, 0.2) is 11.6 Å². The van der Waals surface area contributed by atoms with Gasteiger partial charge >= 0.3 is 0 Å². The van der Waals surface area contributed by atoms with Gasteiger partial charge < -0.3 is 4.98 Å². The predicted octanol–water partition coefficient (Wildman–Crippen LogP) is 4.07. The maximum absolute atomic E-state index is 14.0. The molecule has 4 nitrogen and oxygen atoms in total. The third kappa shape index (κ3) is 3.55. The van der Waals surface area contributed by atoms with Crippen molar-refractivity contribution in [2.24, 2.45) is 0 Å². The number of rotatable bonds is 3. The highest BCUT2D eigenvalue weighted by Crippen LogP contribution is 2.23. The van der Waals surface area contributed by atoms with Crippen LogP contribution in [-0.4, -0.2) is 21.4 Å². The molecular formula is C20H15ClF3N3O. The molecule has 1 N–H and O–H groups in total. The summed E-state index contributed by atoms with van der Waals surface area (Å²) in [5, 5.41) is 0.564. The Hall–Kier alpha value is -2.64. The molecule has 144 valence electrons. The minimum absolute atomic E-state index is 0.111. The number of hydrogen-bond acceptors (Lipinski definition) is 3. The van der Waals surface area contributed by atoms with Crippen LogP contribution >= 0.6 is 11.6 Å². The SMILES string of the molecule is O=c1[nH]c(-c2ccc(Cl)cc2)nc2c1CCN(Cc1c(F)ccc(F)c1F)C2. The fourth-order valence-electron chi connectivity index (χ4n) is 3.31. The van der Waals surface area contributed by atoms with Gasteiger partial charge in [0.1, 0.15) is 11.6 Å². The standard InChI is InChI=1S/C20H15ClF3N3O/c21-12-3-1-11(2-4-12)19-25-17-10-27(8-7-13(17)20(28)26-19)9-14-15(22)5-6-16(23)18(14)24/h1-6H,7-10H2,(H,25,26,28). The zero-order chi connectivity index (χ0) is 19.8. The van der Waals surface area contributed by atoms with Crippen LogP contribution in [0.4, 0.5) is 13.2 Å². The molecule has 0 spiro atoms. The van der Waals surface area contributed by atoms with Crippen molar-refractivity contribution in [3.8, 4) is 11.4 Å². The Balaban J connectivity index is 1.64. The van der Waals surface area contributed by atoms with E-state index in [2.05, 4.69) is 9.97 Å². The largest absolute Gasteiger partial charge is 0.306 e. The molecule has 0 unspecified atom stereocenters. The van der Waals surface area contributed by atoms with E-state index in [1.165, 1.54) is 0 Å². The van der Waals surface area contributed by atoms with Crippen LogP contribution in [0.25, 0.3) is 11.4 Å². The first-order chi connectivity index (χ1) is 13.4. The third-order valence-electron chi connectivity index (χ3n) is 4.79. The normalized spacial score (nSPS) is 14.1. The van der Waals surface area contributed by atoms with Crippen LogP contribution in [-0.2, 0) is 19.5 Å². The van der Waals surface area contributed by atoms with Gasteiger partial charge in [-0.3, -0.25) is 9.69 Å². The highest BCUT2D eigenvalue weighted by atomic mass is 35.5. The van der Waals surface area contributed by atoms with Gasteiger partial charge in [-0.25, -0.2) is 18.2 Å². The third-order valence-corrected chi connectivity index (χ3v) is 5.04. The fourth-order valence-corrected chi connectivity index (χ4v) is 3.44. The zero-order valence-electron chi connectivity index (χ0n) is 14.6. The van der Waals surface area contributed by atoms with Crippen LogP contribution < -0.4 is 5.56 Å². The Kier molecular flexibility index (Phi) is 4.95. The molecule has 0 aliphatic carbocycles. The predicted molar refractivity (Wildman–Crippen MR) is 99.4 cm³/mol. The molecule has 2 heterocycles. The van der Waals surface area contributed by atoms with Crippen molar-refractivity contribution in [1.82, 2.24) is 14.9 Å². The van der Waals surface area contributed by atoms with Crippen molar-refractivity contribution in [2.45, 2.75) is 19.5 Å². The van der Waals surface area contributed by atoms with E-state index >= 15 is 0 Å². The van der Waals surface area contributed by atoms with Crippen molar-refractivity contribution in [3.05, 3.63) is 86.0 Å². The monoisotopic (exact) mass is 405 g/mol. The quantitative estimate of drug-likeness (QED) is 0.668. The summed E-state index contributed by atoms with van der Waals surface area (Å²) in [7, 11) is 0. The molecule has 28 heavy (non-hydrogen) atoms. The fraction of sp³-hybridized carbons (Fsp3) is 0.200. The van der Waals surface area contributed by atoms with E-state index in [0.717, 1.165) is 12.1 Å². The second kappa shape index (κ2) is 7.41. The van der Waals surface area contributed by atoms with Crippen LogP contribution in [0.3, 0.4) is 0 Å². The molecule has 0 saturated heterocycles.